The highest BCUT2D eigenvalue weighted by Gasteiger charge is 2.65. The molecule has 6 N–H and O–H groups in total. The number of benzene rings is 1. The van der Waals surface area contributed by atoms with E-state index >= 15 is 0 Å². The Kier molecular flexibility index (Phi) is 5.87. The number of carbonyl (C=O) groups excluding carboxylic acids is 4. The molecule has 1 aromatic rings. The van der Waals surface area contributed by atoms with E-state index in [2.05, 4.69) is 6.58 Å². The van der Waals surface area contributed by atoms with Crippen LogP contribution >= 0.6 is 0 Å². The zero-order valence-electron chi connectivity index (χ0n) is 20.9. The maximum Gasteiger partial charge on any atom is 0.305 e. The number of ether oxygens (including phenoxy) is 1. The number of carbonyl (C=O) groups is 4. The molecule has 0 fully saturated rings. The van der Waals surface area contributed by atoms with Crippen LogP contribution in [0.3, 0.4) is 0 Å². The van der Waals surface area contributed by atoms with Crippen LogP contribution in [0.25, 0.3) is 5.57 Å². The van der Waals surface area contributed by atoms with E-state index in [-0.39, 0.29) is 28.9 Å². The molecule has 3 aliphatic carbocycles. The molecule has 4 rings (SSSR count). The fourth-order valence-corrected chi connectivity index (χ4v) is 5.59. The minimum atomic E-state index is -2.91. The Morgan fingerprint density at radius 2 is 1.81 bits per heavy atom. The van der Waals surface area contributed by atoms with Gasteiger partial charge in [-0.15, -0.1) is 0 Å². The van der Waals surface area contributed by atoms with Crippen molar-refractivity contribution < 1.29 is 44.3 Å². The van der Waals surface area contributed by atoms with Gasteiger partial charge in [0.1, 0.15) is 28.9 Å². The van der Waals surface area contributed by atoms with E-state index in [1.54, 1.807) is 12.1 Å². The first-order valence-corrected chi connectivity index (χ1v) is 11.8. The quantitative estimate of drug-likeness (QED) is 0.300. The van der Waals surface area contributed by atoms with Gasteiger partial charge in [-0.1, -0.05) is 46.4 Å². The molecule has 1 amide bonds. The van der Waals surface area contributed by atoms with E-state index in [1.807, 2.05) is 20.8 Å². The molecule has 10 nitrogen and oxygen atoms in total. The fraction of sp³-hybridized carbons (Fsp3) is 0.407. The summed E-state index contributed by atoms with van der Waals surface area (Å²) in [7, 11) is 0. The number of ketones is 2. The summed E-state index contributed by atoms with van der Waals surface area (Å²) < 4.78 is 5.61. The smallest absolute Gasteiger partial charge is 0.305 e. The lowest BCUT2D eigenvalue weighted by atomic mass is 9.57. The van der Waals surface area contributed by atoms with Gasteiger partial charge in [-0.2, -0.15) is 0 Å². The summed E-state index contributed by atoms with van der Waals surface area (Å²) >= 11 is 0. The predicted octanol–water partition coefficient (Wildman–Crippen LogP) is 2.28. The lowest BCUT2D eigenvalue weighted by Gasteiger charge is -2.50. The van der Waals surface area contributed by atoms with Gasteiger partial charge in [0, 0.05) is 24.3 Å². The molecule has 0 aromatic heterocycles. The van der Waals surface area contributed by atoms with Crippen molar-refractivity contribution in [1.29, 1.82) is 0 Å². The highest BCUT2D eigenvalue weighted by atomic mass is 16.5. The Morgan fingerprint density at radius 1 is 1.19 bits per heavy atom. The Morgan fingerprint density at radius 3 is 2.35 bits per heavy atom. The van der Waals surface area contributed by atoms with Crippen molar-refractivity contribution in [2.24, 2.45) is 17.6 Å². The van der Waals surface area contributed by atoms with Gasteiger partial charge in [0.15, 0.2) is 11.4 Å². The Hall–Kier alpha value is -3.92. The van der Waals surface area contributed by atoms with Crippen molar-refractivity contribution in [2.75, 3.05) is 0 Å². The molecule has 0 heterocycles. The van der Waals surface area contributed by atoms with Gasteiger partial charge in [-0.05, 0) is 16.6 Å². The van der Waals surface area contributed by atoms with Crippen molar-refractivity contribution in [3.8, 4) is 5.75 Å². The average molecular weight is 512 g/mol. The van der Waals surface area contributed by atoms with E-state index in [1.165, 1.54) is 6.92 Å². The third kappa shape index (κ3) is 3.50. The number of aromatic hydroxyl groups is 1. The second-order valence-corrected chi connectivity index (χ2v) is 10.6. The fourth-order valence-electron chi connectivity index (χ4n) is 5.59. The van der Waals surface area contributed by atoms with Crippen LogP contribution in [-0.4, -0.2) is 55.6 Å². The minimum absolute atomic E-state index is 0.0888. The number of esters is 1. The van der Waals surface area contributed by atoms with Crippen LogP contribution in [0.15, 0.2) is 41.4 Å². The second kappa shape index (κ2) is 8.31. The molecular weight excluding hydrogens is 482 g/mol. The number of aliphatic hydroxyl groups excluding tert-OH is 2. The Labute approximate surface area is 212 Å². The van der Waals surface area contributed by atoms with E-state index in [0.29, 0.717) is 5.56 Å². The lowest BCUT2D eigenvalue weighted by Crippen LogP contribution is -2.62. The van der Waals surface area contributed by atoms with Gasteiger partial charge in [0.2, 0.25) is 5.78 Å². The zero-order chi connectivity index (χ0) is 27.8. The number of allylic oxidation sites excluding steroid dienone is 1. The van der Waals surface area contributed by atoms with Crippen LogP contribution in [-0.2, 0) is 24.5 Å². The van der Waals surface area contributed by atoms with E-state index in [0.717, 1.165) is 0 Å². The zero-order valence-corrected chi connectivity index (χ0v) is 20.9. The van der Waals surface area contributed by atoms with Gasteiger partial charge < -0.3 is 30.9 Å². The van der Waals surface area contributed by atoms with Crippen molar-refractivity contribution >= 4 is 29.0 Å². The molecule has 0 saturated carbocycles. The largest absolute Gasteiger partial charge is 0.511 e. The van der Waals surface area contributed by atoms with Crippen LogP contribution in [0.4, 0.5) is 0 Å². The highest BCUT2D eigenvalue weighted by Crippen LogP contribution is 2.56. The number of primary amides is 1. The maximum absolute atomic E-state index is 13.9. The predicted molar refractivity (Wildman–Crippen MR) is 130 cm³/mol. The number of aliphatic hydroxyl groups is 3. The first-order chi connectivity index (χ1) is 17.1. The van der Waals surface area contributed by atoms with Crippen LogP contribution < -0.4 is 5.73 Å². The van der Waals surface area contributed by atoms with Crippen molar-refractivity contribution in [3.63, 3.8) is 0 Å². The molecule has 37 heavy (non-hydrogen) atoms. The van der Waals surface area contributed by atoms with E-state index < -0.39 is 81.5 Å². The third-order valence-electron chi connectivity index (χ3n) is 7.45. The normalized spacial score (nSPS) is 27.5. The van der Waals surface area contributed by atoms with E-state index in [9.17, 15) is 39.6 Å². The molecule has 0 bridgehead atoms. The molecule has 3 aliphatic rings. The molecule has 0 radical (unpaired) electrons. The van der Waals surface area contributed by atoms with E-state index in [4.69, 9.17) is 10.5 Å². The Bertz CT molecular complexity index is 1360. The molecule has 0 unspecified atom stereocenters. The molecule has 10 heteroatoms. The summed E-state index contributed by atoms with van der Waals surface area (Å²) in [4.78, 5) is 51.5. The van der Waals surface area contributed by atoms with Crippen LogP contribution in [0.2, 0.25) is 0 Å². The Balaban J connectivity index is 2.05. The number of amides is 1. The number of Topliss-reactive ketones (excluding diaryl/α,β-unsaturated/α-hetero) is 2. The molecule has 0 aliphatic heterocycles. The van der Waals surface area contributed by atoms with Crippen molar-refractivity contribution in [2.45, 2.75) is 57.7 Å². The minimum Gasteiger partial charge on any atom is -0.511 e. The molecule has 4 atom stereocenters. The topological polar surface area (TPSA) is 184 Å². The van der Waals surface area contributed by atoms with Crippen molar-refractivity contribution in [1.82, 2.24) is 0 Å². The number of hydrogen-bond donors (Lipinski definition) is 5. The summed E-state index contributed by atoms with van der Waals surface area (Å²) in [5.74, 6) is -9.23. The van der Waals surface area contributed by atoms with Gasteiger partial charge in [-0.3, -0.25) is 19.2 Å². The maximum atomic E-state index is 13.9. The summed E-state index contributed by atoms with van der Waals surface area (Å²) in [6, 6.07) is 3.24. The lowest BCUT2D eigenvalue weighted by molar-refractivity contribution is -0.171. The van der Waals surface area contributed by atoms with Gasteiger partial charge >= 0.3 is 5.97 Å². The van der Waals surface area contributed by atoms with Crippen LogP contribution in [0.1, 0.15) is 62.0 Å². The van der Waals surface area contributed by atoms with Gasteiger partial charge in [0.25, 0.3) is 5.91 Å². The van der Waals surface area contributed by atoms with Crippen LogP contribution in [0.5, 0.6) is 5.75 Å². The number of fused-ring (bicyclic) bond motifs is 3. The number of phenols is 1. The third-order valence-corrected chi connectivity index (χ3v) is 7.45. The SMILES string of the molecule is C=C1c2ccc(C(C)(C)C)c(O)c2C(=O)C2=C(O)[C@]3(O)C(=O)C(C(N)=O)=C(O)C[C@@H]3[C@@H](OC(=O)CC)[C@H]12. The number of rotatable bonds is 3. The molecular formula is C27H29NO9. The van der Waals surface area contributed by atoms with Gasteiger partial charge in [0.05, 0.1) is 17.1 Å². The molecule has 0 spiro atoms. The number of phenolic OH excluding ortho intramolecular Hbond substituents is 1. The average Bonchev–Trinajstić information content (AvgIpc) is 2.79. The first-order valence-electron chi connectivity index (χ1n) is 11.8. The van der Waals surface area contributed by atoms with Crippen LogP contribution in [0, 0.1) is 11.8 Å². The monoisotopic (exact) mass is 511 g/mol. The number of hydrogen-bond acceptors (Lipinski definition) is 9. The number of nitrogens with two attached hydrogens (primary N) is 1. The second-order valence-electron chi connectivity index (χ2n) is 10.6. The summed E-state index contributed by atoms with van der Waals surface area (Å²) in [5.41, 5.74) is 1.04. The molecule has 0 saturated heterocycles. The molecule has 1 aromatic carbocycles. The summed E-state index contributed by atoms with van der Waals surface area (Å²) in [6.45, 7) is 11.1. The molecule has 196 valence electrons. The highest BCUT2D eigenvalue weighted by molar-refractivity contribution is 6.25. The summed E-state index contributed by atoms with van der Waals surface area (Å²) in [6.07, 6.45) is -2.08. The first kappa shape index (κ1) is 26.2. The van der Waals surface area contributed by atoms with Gasteiger partial charge in [-0.25, -0.2) is 0 Å². The summed E-state index contributed by atoms with van der Waals surface area (Å²) in [5, 5.41) is 44.5. The standard InChI is InChI=1S/C27H29NO9/c1-6-15(30)37-22-13-9-14(29)18(25(28)35)23(33)27(13,36)24(34)19-16(22)10(2)11-7-8-12(26(3,4)5)20(31)17(11)21(19)32/h7-8,13,16,22,29,31,34,36H,2,6,9H2,1,3-5H3,(H2,28,35)/t13-,16-,22-,27-/m1/s1. The van der Waals surface area contributed by atoms with Crippen molar-refractivity contribution in [3.05, 3.63) is 58.1 Å².